The van der Waals surface area contributed by atoms with Crippen LogP contribution < -0.4 is 5.32 Å². The maximum absolute atomic E-state index is 14.1. The number of hydrogen-bond donors (Lipinski definition) is 1. The molecule has 1 nitrogen and oxygen atoms in total. The first-order chi connectivity index (χ1) is 9.85. The van der Waals surface area contributed by atoms with Crippen molar-refractivity contribution in [2.45, 2.75) is 52.5 Å². The largest absolute Gasteiger partial charge is 0.310 e. The molecular formula is C17H24F3N. The fourth-order valence-corrected chi connectivity index (χ4v) is 3.29. The van der Waals surface area contributed by atoms with Crippen LogP contribution in [0.5, 0.6) is 0 Å². The van der Waals surface area contributed by atoms with Crippen LogP contribution in [-0.4, -0.2) is 6.54 Å². The first kappa shape index (κ1) is 16.3. The standard InChI is InChI=1S/C17H24F3N/c1-4-21-16(11-7-9-17(2,3)10-8-11)12-5-6-13(18)15(20)14(12)19/h5-6,11,16,21H,4,7-10H2,1-3H3. The Bertz CT molecular complexity index is 489. The third-order valence-electron chi connectivity index (χ3n) is 4.68. The predicted molar refractivity (Wildman–Crippen MR) is 78.5 cm³/mol. The summed E-state index contributed by atoms with van der Waals surface area (Å²) in [6.45, 7) is 7.09. The van der Waals surface area contributed by atoms with Crippen LogP contribution in [-0.2, 0) is 0 Å². The van der Waals surface area contributed by atoms with Gasteiger partial charge in [0.25, 0.3) is 0 Å². The van der Waals surface area contributed by atoms with E-state index < -0.39 is 17.5 Å². The highest BCUT2D eigenvalue weighted by Crippen LogP contribution is 2.43. The second kappa shape index (κ2) is 6.39. The van der Waals surface area contributed by atoms with Gasteiger partial charge in [0, 0.05) is 11.6 Å². The molecule has 0 heterocycles. The van der Waals surface area contributed by atoms with E-state index in [0.29, 0.717) is 12.0 Å². The van der Waals surface area contributed by atoms with Crippen LogP contribution >= 0.6 is 0 Å². The Kier molecular flexibility index (Phi) is 4.97. The molecule has 4 heteroatoms. The Morgan fingerprint density at radius 1 is 1.14 bits per heavy atom. The molecule has 1 fully saturated rings. The van der Waals surface area contributed by atoms with Gasteiger partial charge in [0.2, 0.25) is 0 Å². The first-order valence-corrected chi connectivity index (χ1v) is 7.72. The normalized spacial score (nSPS) is 20.5. The van der Waals surface area contributed by atoms with Crippen LogP contribution in [0.1, 0.15) is 58.1 Å². The highest BCUT2D eigenvalue weighted by atomic mass is 19.2. The van der Waals surface area contributed by atoms with E-state index in [1.54, 1.807) is 0 Å². The van der Waals surface area contributed by atoms with Gasteiger partial charge in [0.15, 0.2) is 17.5 Å². The van der Waals surface area contributed by atoms with Gasteiger partial charge in [-0.3, -0.25) is 0 Å². The van der Waals surface area contributed by atoms with Crippen molar-refractivity contribution in [3.05, 3.63) is 35.1 Å². The van der Waals surface area contributed by atoms with Gasteiger partial charge >= 0.3 is 0 Å². The van der Waals surface area contributed by atoms with E-state index in [4.69, 9.17) is 0 Å². The minimum atomic E-state index is -1.37. The Balaban J connectivity index is 2.26. The van der Waals surface area contributed by atoms with Gasteiger partial charge in [0.05, 0.1) is 0 Å². The highest BCUT2D eigenvalue weighted by molar-refractivity contribution is 5.24. The molecule has 1 N–H and O–H groups in total. The maximum atomic E-state index is 14.1. The maximum Gasteiger partial charge on any atom is 0.194 e. The molecular weight excluding hydrogens is 275 g/mol. The summed E-state index contributed by atoms with van der Waals surface area (Å²) >= 11 is 0. The average molecular weight is 299 g/mol. The molecule has 0 bridgehead atoms. The van der Waals surface area contributed by atoms with Crippen LogP contribution in [0.3, 0.4) is 0 Å². The van der Waals surface area contributed by atoms with E-state index in [-0.39, 0.29) is 17.5 Å². The minimum Gasteiger partial charge on any atom is -0.310 e. The lowest BCUT2D eigenvalue weighted by Gasteiger charge is -2.38. The van der Waals surface area contributed by atoms with Crippen LogP contribution in [0.4, 0.5) is 13.2 Å². The average Bonchev–Trinajstić information content (AvgIpc) is 2.44. The van der Waals surface area contributed by atoms with Crippen LogP contribution in [0.2, 0.25) is 0 Å². The lowest BCUT2D eigenvalue weighted by Crippen LogP contribution is -2.33. The lowest BCUT2D eigenvalue weighted by molar-refractivity contribution is 0.160. The number of halogens is 3. The molecule has 0 spiro atoms. The number of benzene rings is 1. The minimum absolute atomic E-state index is 0.249. The van der Waals surface area contributed by atoms with Gasteiger partial charge in [-0.05, 0) is 49.6 Å². The Morgan fingerprint density at radius 2 is 1.76 bits per heavy atom. The SMILES string of the molecule is CCNC(c1ccc(F)c(F)c1F)C1CCC(C)(C)CC1. The summed E-state index contributed by atoms with van der Waals surface area (Å²) in [5, 5.41) is 3.25. The zero-order chi connectivity index (χ0) is 15.6. The summed E-state index contributed by atoms with van der Waals surface area (Å²) < 4.78 is 40.7. The van der Waals surface area contributed by atoms with E-state index in [1.807, 2.05) is 6.92 Å². The lowest BCUT2D eigenvalue weighted by atomic mass is 9.70. The zero-order valence-electron chi connectivity index (χ0n) is 13.0. The van der Waals surface area contributed by atoms with E-state index in [1.165, 1.54) is 6.07 Å². The number of rotatable bonds is 4. The highest BCUT2D eigenvalue weighted by Gasteiger charge is 2.33. The van der Waals surface area contributed by atoms with Crippen molar-refractivity contribution in [3.8, 4) is 0 Å². The van der Waals surface area contributed by atoms with Crippen molar-refractivity contribution < 1.29 is 13.2 Å². The van der Waals surface area contributed by atoms with Crippen molar-refractivity contribution in [2.24, 2.45) is 11.3 Å². The molecule has 1 aliphatic carbocycles. The molecule has 0 saturated heterocycles. The Morgan fingerprint density at radius 3 is 2.33 bits per heavy atom. The fraction of sp³-hybridized carbons (Fsp3) is 0.647. The molecule has 2 rings (SSSR count). The molecule has 0 aliphatic heterocycles. The van der Waals surface area contributed by atoms with Gasteiger partial charge in [-0.15, -0.1) is 0 Å². The van der Waals surface area contributed by atoms with E-state index in [2.05, 4.69) is 19.2 Å². The molecule has 1 saturated carbocycles. The second-order valence-electron chi connectivity index (χ2n) is 6.80. The Labute approximate surface area is 124 Å². The quantitative estimate of drug-likeness (QED) is 0.774. The van der Waals surface area contributed by atoms with Crippen molar-refractivity contribution in [1.82, 2.24) is 5.32 Å². The van der Waals surface area contributed by atoms with Crippen LogP contribution in [0.15, 0.2) is 12.1 Å². The number of nitrogens with one attached hydrogen (secondary N) is 1. The monoisotopic (exact) mass is 299 g/mol. The summed E-state index contributed by atoms with van der Waals surface area (Å²) in [5.41, 5.74) is 0.570. The molecule has 1 unspecified atom stereocenters. The third-order valence-corrected chi connectivity index (χ3v) is 4.68. The topological polar surface area (TPSA) is 12.0 Å². The van der Waals surface area contributed by atoms with E-state index >= 15 is 0 Å². The third kappa shape index (κ3) is 3.60. The van der Waals surface area contributed by atoms with E-state index in [0.717, 1.165) is 31.7 Å². The van der Waals surface area contributed by atoms with Gasteiger partial charge in [0.1, 0.15) is 0 Å². The molecule has 21 heavy (non-hydrogen) atoms. The van der Waals surface area contributed by atoms with Crippen molar-refractivity contribution in [2.75, 3.05) is 6.54 Å². The summed E-state index contributed by atoms with van der Waals surface area (Å²) in [7, 11) is 0. The van der Waals surface area contributed by atoms with Gasteiger partial charge in [-0.1, -0.05) is 26.8 Å². The smallest absolute Gasteiger partial charge is 0.194 e. The van der Waals surface area contributed by atoms with Crippen LogP contribution in [0, 0.1) is 28.8 Å². The molecule has 118 valence electrons. The summed E-state index contributed by atoms with van der Waals surface area (Å²) in [5.74, 6) is -3.29. The molecule has 1 aromatic carbocycles. The van der Waals surface area contributed by atoms with Crippen molar-refractivity contribution in [1.29, 1.82) is 0 Å². The molecule has 0 aromatic heterocycles. The van der Waals surface area contributed by atoms with E-state index in [9.17, 15) is 13.2 Å². The summed E-state index contributed by atoms with van der Waals surface area (Å²) in [6, 6.07) is 2.15. The summed E-state index contributed by atoms with van der Waals surface area (Å²) in [4.78, 5) is 0. The molecule has 0 amide bonds. The predicted octanol–water partition coefficient (Wildman–Crippen LogP) is 4.97. The molecule has 1 atom stereocenters. The van der Waals surface area contributed by atoms with Gasteiger partial charge in [-0.2, -0.15) is 0 Å². The second-order valence-corrected chi connectivity index (χ2v) is 6.80. The molecule has 1 aliphatic rings. The zero-order valence-corrected chi connectivity index (χ0v) is 13.0. The van der Waals surface area contributed by atoms with Crippen molar-refractivity contribution >= 4 is 0 Å². The van der Waals surface area contributed by atoms with Gasteiger partial charge < -0.3 is 5.32 Å². The molecule has 1 aromatic rings. The fourth-order valence-electron chi connectivity index (χ4n) is 3.29. The van der Waals surface area contributed by atoms with Crippen LogP contribution in [0.25, 0.3) is 0 Å². The molecule has 0 radical (unpaired) electrons. The summed E-state index contributed by atoms with van der Waals surface area (Å²) in [6.07, 6.45) is 4.10. The first-order valence-electron chi connectivity index (χ1n) is 7.72. The van der Waals surface area contributed by atoms with Crippen molar-refractivity contribution in [3.63, 3.8) is 0 Å². The van der Waals surface area contributed by atoms with Gasteiger partial charge in [-0.25, -0.2) is 13.2 Å². The Hall–Kier alpha value is -1.03. The number of hydrogen-bond acceptors (Lipinski definition) is 1.